The van der Waals surface area contributed by atoms with Crippen LogP contribution in [0.1, 0.15) is 57.8 Å². The highest BCUT2D eigenvalue weighted by molar-refractivity contribution is 6.12. The van der Waals surface area contributed by atoms with Gasteiger partial charge in [0.15, 0.2) is 0 Å². The van der Waals surface area contributed by atoms with Crippen molar-refractivity contribution in [3.05, 3.63) is 11.1 Å². The highest BCUT2D eigenvalue weighted by Crippen LogP contribution is 2.28. The minimum atomic E-state index is -0.390. The second-order valence-corrected chi connectivity index (χ2v) is 4.61. The number of carbonyl (C=O) groups is 2. The zero-order chi connectivity index (χ0) is 11.4. The van der Waals surface area contributed by atoms with E-state index >= 15 is 0 Å². The van der Waals surface area contributed by atoms with Crippen LogP contribution in [-0.2, 0) is 14.3 Å². The largest absolute Gasteiger partial charge is 0.386 e. The van der Waals surface area contributed by atoms with E-state index in [-0.39, 0.29) is 11.9 Å². The molecule has 0 aromatic rings. The summed E-state index contributed by atoms with van der Waals surface area (Å²) in [4.78, 5) is 22.9. The fraction of sp³-hybridized carbons (Fsp3) is 0.692. The van der Waals surface area contributed by atoms with Crippen molar-refractivity contribution in [2.24, 2.45) is 0 Å². The smallest absolute Gasteiger partial charge is 0.342 e. The van der Waals surface area contributed by atoms with Gasteiger partial charge in [-0.2, -0.15) is 0 Å². The Morgan fingerprint density at radius 3 is 1.44 bits per heavy atom. The summed E-state index contributed by atoms with van der Waals surface area (Å²) in [5.74, 6) is -0.779. The van der Waals surface area contributed by atoms with Crippen molar-refractivity contribution >= 4 is 11.9 Å². The Kier molecular flexibility index (Phi) is 3.75. The number of ether oxygens (including phenoxy) is 1. The molecule has 0 saturated heterocycles. The standard InChI is InChI=1S/C13H18O3/c14-12-10-8-6-4-2-1-3-5-7-9-11(10)13(15)16-12/h1-9H2. The Balaban J connectivity index is 2.10. The van der Waals surface area contributed by atoms with Crippen LogP contribution in [0.2, 0.25) is 0 Å². The molecule has 0 radical (unpaired) electrons. The Hall–Kier alpha value is -1.12. The lowest BCUT2D eigenvalue weighted by Crippen LogP contribution is -2.02. The molecular weight excluding hydrogens is 204 g/mol. The van der Waals surface area contributed by atoms with Crippen molar-refractivity contribution in [3.63, 3.8) is 0 Å². The van der Waals surface area contributed by atoms with Gasteiger partial charge in [-0.1, -0.05) is 32.1 Å². The summed E-state index contributed by atoms with van der Waals surface area (Å²) >= 11 is 0. The van der Waals surface area contributed by atoms with Gasteiger partial charge < -0.3 is 4.74 Å². The SMILES string of the molecule is O=C1OC(=O)C2=C1CCCCCCCCC2. The van der Waals surface area contributed by atoms with Crippen LogP contribution in [0.15, 0.2) is 11.1 Å². The monoisotopic (exact) mass is 222 g/mol. The average Bonchev–Trinajstić information content (AvgIpc) is 2.51. The van der Waals surface area contributed by atoms with Gasteiger partial charge in [0.2, 0.25) is 0 Å². The zero-order valence-corrected chi connectivity index (χ0v) is 9.59. The number of hydrogen-bond donors (Lipinski definition) is 0. The molecule has 0 aromatic heterocycles. The summed E-state index contributed by atoms with van der Waals surface area (Å²) in [6, 6.07) is 0. The van der Waals surface area contributed by atoms with E-state index in [0.29, 0.717) is 11.1 Å². The molecule has 0 unspecified atom stereocenters. The van der Waals surface area contributed by atoms with Crippen LogP contribution in [0.25, 0.3) is 0 Å². The maximum absolute atomic E-state index is 11.5. The van der Waals surface area contributed by atoms with Crippen LogP contribution < -0.4 is 0 Å². The summed E-state index contributed by atoms with van der Waals surface area (Å²) in [5, 5.41) is 0. The van der Waals surface area contributed by atoms with E-state index in [1.807, 2.05) is 0 Å². The van der Waals surface area contributed by atoms with E-state index in [9.17, 15) is 9.59 Å². The van der Waals surface area contributed by atoms with E-state index in [0.717, 1.165) is 38.5 Å². The third kappa shape index (κ3) is 2.52. The van der Waals surface area contributed by atoms with Gasteiger partial charge in [-0.05, 0) is 25.7 Å². The van der Waals surface area contributed by atoms with Crippen molar-refractivity contribution in [1.29, 1.82) is 0 Å². The lowest BCUT2D eigenvalue weighted by atomic mass is 10.0. The van der Waals surface area contributed by atoms with E-state index in [4.69, 9.17) is 0 Å². The molecule has 0 atom stereocenters. The van der Waals surface area contributed by atoms with Gasteiger partial charge in [-0.15, -0.1) is 0 Å². The molecule has 0 aromatic carbocycles. The Morgan fingerprint density at radius 2 is 1.00 bits per heavy atom. The summed E-state index contributed by atoms with van der Waals surface area (Å²) in [6.07, 6.45) is 9.51. The van der Waals surface area contributed by atoms with Gasteiger partial charge in [0.25, 0.3) is 0 Å². The lowest BCUT2D eigenvalue weighted by Gasteiger charge is -2.00. The van der Waals surface area contributed by atoms with E-state index in [1.165, 1.54) is 19.3 Å². The molecule has 0 fully saturated rings. The topological polar surface area (TPSA) is 43.4 Å². The second-order valence-electron chi connectivity index (χ2n) is 4.61. The lowest BCUT2D eigenvalue weighted by molar-refractivity contribution is -0.151. The van der Waals surface area contributed by atoms with Gasteiger partial charge in [0.1, 0.15) is 0 Å². The highest BCUT2D eigenvalue weighted by Gasteiger charge is 2.31. The molecule has 2 aliphatic rings. The molecule has 88 valence electrons. The van der Waals surface area contributed by atoms with Gasteiger partial charge >= 0.3 is 11.9 Å². The van der Waals surface area contributed by atoms with Crippen LogP contribution in [0.3, 0.4) is 0 Å². The van der Waals surface area contributed by atoms with Crippen molar-refractivity contribution in [1.82, 2.24) is 0 Å². The van der Waals surface area contributed by atoms with Crippen molar-refractivity contribution in [2.45, 2.75) is 57.8 Å². The van der Waals surface area contributed by atoms with Crippen molar-refractivity contribution in [3.8, 4) is 0 Å². The fourth-order valence-electron chi connectivity index (χ4n) is 2.45. The van der Waals surface area contributed by atoms with E-state index in [1.54, 1.807) is 0 Å². The van der Waals surface area contributed by atoms with Crippen LogP contribution in [-0.4, -0.2) is 11.9 Å². The Bertz CT molecular complexity index is 298. The Morgan fingerprint density at radius 1 is 0.625 bits per heavy atom. The quantitative estimate of drug-likeness (QED) is 0.467. The third-order valence-electron chi connectivity index (χ3n) is 3.40. The van der Waals surface area contributed by atoms with Gasteiger partial charge in [-0.25, -0.2) is 9.59 Å². The molecule has 3 heteroatoms. The zero-order valence-electron chi connectivity index (χ0n) is 9.59. The molecule has 1 aliphatic heterocycles. The number of esters is 2. The normalized spacial score (nSPS) is 23.8. The van der Waals surface area contributed by atoms with Crippen LogP contribution in [0.5, 0.6) is 0 Å². The van der Waals surface area contributed by atoms with Crippen LogP contribution in [0.4, 0.5) is 0 Å². The molecule has 0 N–H and O–H groups in total. The first-order valence-electron chi connectivity index (χ1n) is 6.27. The molecule has 1 aliphatic carbocycles. The summed E-state index contributed by atoms with van der Waals surface area (Å²) in [6.45, 7) is 0. The average molecular weight is 222 g/mol. The number of cyclic esters (lactones) is 2. The first kappa shape index (κ1) is 11.4. The number of hydrogen-bond acceptors (Lipinski definition) is 3. The predicted molar refractivity (Wildman–Crippen MR) is 59.7 cm³/mol. The van der Waals surface area contributed by atoms with E-state index in [2.05, 4.69) is 4.74 Å². The van der Waals surface area contributed by atoms with Crippen LogP contribution in [0, 0.1) is 0 Å². The minimum absolute atomic E-state index is 0.390. The van der Waals surface area contributed by atoms with Crippen molar-refractivity contribution < 1.29 is 14.3 Å². The van der Waals surface area contributed by atoms with Crippen LogP contribution >= 0.6 is 0 Å². The third-order valence-corrected chi connectivity index (χ3v) is 3.40. The molecule has 0 saturated carbocycles. The minimum Gasteiger partial charge on any atom is -0.386 e. The fourth-order valence-corrected chi connectivity index (χ4v) is 2.45. The molecule has 0 amide bonds. The first-order valence-corrected chi connectivity index (χ1v) is 6.27. The second kappa shape index (κ2) is 5.28. The predicted octanol–water partition coefficient (Wildman–Crippen LogP) is 2.89. The highest BCUT2D eigenvalue weighted by atomic mass is 16.6. The first-order chi connectivity index (χ1) is 7.79. The summed E-state index contributed by atoms with van der Waals surface area (Å²) < 4.78 is 4.68. The molecule has 16 heavy (non-hydrogen) atoms. The van der Waals surface area contributed by atoms with Gasteiger partial charge in [0.05, 0.1) is 0 Å². The van der Waals surface area contributed by atoms with Gasteiger partial charge in [-0.3, -0.25) is 0 Å². The number of rotatable bonds is 0. The molecular formula is C13H18O3. The summed E-state index contributed by atoms with van der Waals surface area (Å²) in [5.41, 5.74) is 1.32. The van der Waals surface area contributed by atoms with E-state index < -0.39 is 0 Å². The summed E-state index contributed by atoms with van der Waals surface area (Å²) in [7, 11) is 0. The molecule has 0 spiro atoms. The Labute approximate surface area is 95.9 Å². The molecule has 0 bridgehead atoms. The molecule has 2 rings (SSSR count). The van der Waals surface area contributed by atoms with Gasteiger partial charge in [0, 0.05) is 11.1 Å². The maximum atomic E-state index is 11.5. The number of carbonyl (C=O) groups excluding carboxylic acids is 2. The van der Waals surface area contributed by atoms with Crippen molar-refractivity contribution in [2.75, 3.05) is 0 Å². The maximum Gasteiger partial charge on any atom is 0.342 e. The molecule has 1 heterocycles. The molecule has 3 nitrogen and oxygen atoms in total.